The van der Waals surface area contributed by atoms with Gasteiger partial charge in [-0.1, -0.05) is 30.3 Å². The van der Waals surface area contributed by atoms with E-state index < -0.39 is 5.63 Å². The zero-order valence-electron chi connectivity index (χ0n) is 13.4. The molecule has 4 nitrogen and oxygen atoms in total. The summed E-state index contributed by atoms with van der Waals surface area (Å²) in [6.45, 7) is 3.75. The van der Waals surface area contributed by atoms with Crippen LogP contribution in [0.25, 0.3) is 11.3 Å². The van der Waals surface area contributed by atoms with Crippen molar-refractivity contribution in [2.75, 3.05) is 0 Å². The van der Waals surface area contributed by atoms with Gasteiger partial charge in [0.25, 0.3) is 0 Å². The van der Waals surface area contributed by atoms with E-state index in [9.17, 15) is 9.90 Å². The summed E-state index contributed by atoms with van der Waals surface area (Å²) in [5.74, 6) is 0.871. The van der Waals surface area contributed by atoms with Crippen LogP contribution in [0.1, 0.15) is 17.0 Å². The summed E-state index contributed by atoms with van der Waals surface area (Å²) in [7, 11) is 0. The molecule has 0 fully saturated rings. The Hall–Kier alpha value is -2.53. The van der Waals surface area contributed by atoms with Gasteiger partial charge in [-0.05, 0) is 31.5 Å². The minimum Gasteiger partial charge on any atom is -0.506 e. The summed E-state index contributed by atoms with van der Waals surface area (Å²) in [6.07, 6.45) is 0. The van der Waals surface area contributed by atoms with Crippen LogP contribution >= 0.6 is 11.8 Å². The van der Waals surface area contributed by atoms with Gasteiger partial charge in [-0.3, -0.25) is 4.98 Å². The van der Waals surface area contributed by atoms with Crippen molar-refractivity contribution < 1.29 is 9.52 Å². The summed E-state index contributed by atoms with van der Waals surface area (Å²) in [5.41, 5.74) is 2.93. The van der Waals surface area contributed by atoms with Crippen LogP contribution in [0.4, 0.5) is 0 Å². The lowest BCUT2D eigenvalue weighted by molar-refractivity contribution is 0.430. The Morgan fingerprint density at radius 1 is 1.08 bits per heavy atom. The van der Waals surface area contributed by atoms with E-state index in [1.807, 2.05) is 56.3 Å². The van der Waals surface area contributed by atoms with Crippen molar-refractivity contribution in [2.24, 2.45) is 0 Å². The van der Waals surface area contributed by atoms with E-state index in [1.165, 1.54) is 17.8 Å². The molecule has 0 aliphatic heterocycles. The van der Waals surface area contributed by atoms with Gasteiger partial charge >= 0.3 is 5.63 Å². The predicted molar refractivity (Wildman–Crippen MR) is 95.4 cm³/mol. The SMILES string of the molecule is Cc1cc(-c2cc(O)c(SCc3ccccc3)c(=O)o2)cc(C)n1. The lowest BCUT2D eigenvalue weighted by Crippen LogP contribution is -2.03. The number of rotatable bonds is 4. The minimum absolute atomic E-state index is 0.0608. The molecule has 0 saturated heterocycles. The topological polar surface area (TPSA) is 63.3 Å². The summed E-state index contributed by atoms with van der Waals surface area (Å²) < 4.78 is 5.41. The number of aryl methyl sites for hydroxylation is 2. The number of aromatic hydroxyl groups is 1. The minimum atomic E-state index is -0.530. The molecule has 0 saturated carbocycles. The van der Waals surface area contributed by atoms with E-state index >= 15 is 0 Å². The molecule has 1 aromatic carbocycles. The molecule has 0 amide bonds. The van der Waals surface area contributed by atoms with Gasteiger partial charge in [-0.15, -0.1) is 11.8 Å². The van der Waals surface area contributed by atoms with Gasteiger partial charge in [0.05, 0.1) is 0 Å². The zero-order chi connectivity index (χ0) is 17.1. The highest BCUT2D eigenvalue weighted by Gasteiger charge is 2.14. The fourth-order valence-corrected chi connectivity index (χ4v) is 3.32. The third kappa shape index (κ3) is 3.68. The number of hydrogen-bond acceptors (Lipinski definition) is 5. The highest BCUT2D eigenvalue weighted by Crippen LogP contribution is 2.31. The average Bonchev–Trinajstić information content (AvgIpc) is 2.54. The second-order valence-electron chi connectivity index (χ2n) is 5.53. The lowest BCUT2D eigenvalue weighted by Gasteiger charge is -2.07. The van der Waals surface area contributed by atoms with Crippen LogP contribution in [0.15, 0.2) is 62.6 Å². The highest BCUT2D eigenvalue weighted by atomic mass is 32.2. The standard InChI is InChI=1S/C19H17NO3S/c1-12-8-15(9-13(2)20-12)17-10-16(21)18(19(22)23-17)24-11-14-6-4-3-5-7-14/h3-10,21H,11H2,1-2H3. The van der Waals surface area contributed by atoms with Crippen molar-refractivity contribution in [3.63, 3.8) is 0 Å². The summed E-state index contributed by atoms with van der Waals surface area (Å²) in [6, 6.07) is 14.9. The van der Waals surface area contributed by atoms with Crippen LogP contribution in [0.3, 0.4) is 0 Å². The number of pyridine rings is 1. The maximum absolute atomic E-state index is 12.3. The second-order valence-corrected chi connectivity index (χ2v) is 6.51. The maximum Gasteiger partial charge on any atom is 0.353 e. The first kappa shape index (κ1) is 16.3. The van der Waals surface area contributed by atoms with Crippen molar-refractivity contribution in [3.05, 3.63) is 75.9 Å². The Bertz CT molecular complexity index is 899. The van der Waals surface area contributed by atoms with Crippen molar-refractivity contribution in [1.29, 1.82) is 0 Å². The van der Waals surface area contributed by atoms with Gasteiger partial charge in [0, 0.05) is 28.8 Å². The number of aromatic nitrogens is 1. The van der Waals surface area contributed by atoms with E-state index in [0.717, 1.165) is 22.5 Å². The summed E-state index contributed by atoms with van der Waals surface area (Å²) in [5, 5.41) is 10.3. The van der Waals surface area contributed by atoms with E-state index in [-0.39, 0.29) is 10.6 Å². The molecule has 3 rings (SSSR count). The molecule has 0 radical (unpaired) electrons. The molecule has 24 heavy (non-hydrogen) atoms. The monoisotopic (exact) mass is 339 g/mol. The molecule has 0 atom stereocenters. The van der Waals surface area contributed by atoms with Crippen molar-refractivity contribution >= 4 is 11.8 Å². The van der Waals surface area contributed by atoms with Gasteiger partial charge in [-0.25, -0.2) is 4.79 Å². The summed E-state index contributed by atoms with van der Waals surface area (Å²) in [4.78, 5) is 16.8. The first-order valence-corrected chi connectivity index (χ1v) is 8.51. The first-order valence-electron chi connectivity index (χ1n) is 7.52. The van der Waals surface area contributed by atoms with Crippen LogP contribution < -0.4 is 5.63 Å². The van der Waals surface area contributed by atoms with Crippen molar-refractivity contribution in [3.8, 4) is 17.1 Å². The van der Waals surface area contributed by atoms with Crippen LogP contribution in [0, 0.1) is 13.8 Å². The van der Waals surface area contributed by atoms with Gasteiger partial charge < -0.3 is 9.52 Å². The predicted octanol–water partition coefficient (Wildman–Crippen LogP) is 4.32. The number of thioether (sulfide) groups is 1. The molecule has 122 valence electrons. The molecule has 0 aliphatic rings. The largest absolute Gasteiger partial charge is 0.506 e. The van der Waals surface area contributed by atoms with Crippen LogP contribution in [0.5, 0.6) is 5.75 Å². The van der Waals surface area contributed by atoms with Gasteiger partial charge in [0.1, 0.15) is 16.4 Å². The molecule has 0 spiro atoms. The van der Waals surface area contributed by atoms with Crippen LogP contribution in [-0.4, -0.2) is 10.1 Å². The van der Waals surface area contributed by atoms with E-state index in [1.54, 1.807) is 0 Å². The third-order valence-corrected chi connectivity index (χ3v) is 4.62. The quantitative estimate of drug-likeness (QED) is 0.717. The Kier molecular flexibility index (Phi) is 4.71. The molecule has 0 aliphatic carbocycles. The Morgan fingerprint density at radius 3 is 2.38 bits per heavy atom. The molecule has 0 bridgehead atoms. The maximum atomic E-state index is 12.3. The number of benzene rings is 1. The van der Waals surface area contributed by atoms with Gasteiger partial charge in [0.15, 0.2) is 0 Å². The molecule has 1 N–H and O–H groups in total. The molecular weight excluding hydrogens is 322 g/mol. The van der Waals surface area contributed by atoms with Crippen molar-refractivity contribution in [1.82, 2.24) is 4.98 Å². The lowest BCUT2D eigenvalue weighted by atomic mass is 10.1. The van der Waals surface area contributed by atoms with E-state index in [0.29, 0.717) is 11.5 Å². The zero-order valence-corrected chi connectivity index (χ0v) is 14.3. The Morgan fingerprint density at radius 2 is 1.75 bits per heavy atom. The molecule has 5 heteroatoms. The highest BCUT2D eigenvalue weighted by molar-refractivity contribution is 7.98. The first-order chi connectivity index (χ1) is 11.5. The molecule has 2 heterocycles. The fraction of sp³-hybridized carbons (Fsp3) is 0.158. The van der Waals surface area contributed by atoms with Crippen LogP contribution in [0.2, 0.25) is 0 Å². The molecular formula is C19H17NO3S. The normalized spacial score (nSPS) is 10.8. The fourth-order valence-electron chi connectivity index (χ4n) is 2.45. The van der Waals surface area contributed by atoms with Gasteiger partial charge in [-0.2, -0.15) is 0 Å². The molecule has 3 aromatic rings. The van der Waals surface area contributed by atoms with E-state index in [2.05, 4.69) is 4.98 Å². The molecule has 0 unspecified atom stereocenters. The van der Waals surface area contributed by atoms with Crippen molar-refractivity contribution in [2.45, 2.75) is 24.5 Å². The Labute approximate surface area is 144 Å². The average molecular weight is 339 g/mol. The van der Waals surface area contributed by atoms with E-state index in [4.69, 9.17) is 4.42 Å². The smallest absolute Gasteiger partial charge is 0.353 e. The third-order valence-electron chi connectivity index (χ3n) is 3.48. The Balaban J connectivity index is 1.90. The second kappa shape index (κ2) is 6.93. The number of nitrogens with zero attached hydrogens (tertiary/aromatic N) is 1. The van der Waals surface area contributed by atoms with Gasteiger partial charge in [0.2, 0.25) is 0 Å². The van der Waals surface area contributed by atoms with Crippen LogP contribution in [-0.2, 0) is 5.75 Å². The molecule has 2 aromatic heterocycles. The summed E-state index contributed by atoms with van der Waals surface area (Å²) >= 11 is 1.27. The number of hydrogen-bond donors (Lipinski definition) is 1.